The molecule has 2 atom stereocenters. The lowest BCUT2D eigenvalue weighted by Gasteiger charge is -2.46. The second-order valence-corrected chi connectivity index (χ2v) is 5.75. The fraction of sp³-hybridized carbons (Fsp3) is 0.0952. The lowest BCUT2D eigenvalue weighted by Crippen LogP contribution is -2.61. The van der Waals surface area contributed by atoms with Gasteiger partial charge in [-0.05, 0) is 29.8 Å². The van der Waals surface area contributed by atoms with Gasteiger partial charge in [0.25, 0.3) is 5.91 Å². The van der Waals surface area contributed by atoms with E-state index in [2.05, 4.69) is 0 Å². The van der Waals surface area contributed by atoms with Crippen molar-refractivity contribution >= 4 is 11.6 Å². The highest BCUT2D eigenvalue weighted by Crippen LogP contribution is 2.40. The van der Waals surface area contributed by atoms with Crippen molar-refractivity contribution < 1.29 is 9.53 Å². The van der Waals surface area contributed by atoms with Crippen LogP contribution in [0.1, 0.15) is 11.6 Å². The number of nitrogens with zero attached hydrogens (tertiary/aromatic N) is 1. The van der Waals surface area contributed by atoms with E-state index < -0.39 is 6.10 Å². The van der Waals surface area contributed by atoms with Crippen molar-refractivity contribution in [1.82, 2.24) is 0 Å². The first-order valence-electron chi connectivity index (χ1n) is 7.99. The van der Waals surface area contributed by atoms with Gasteiger partial charge in [-0.2, -0.15) is 0 Å². The van der Waals surface area contributed by atoms with E-state index in [9.17, 15) is 4.79 Å². The molecule has 0 radical (unpaired) electrons. The van der Waals surface area contributed by atoms with Crippen LogP contribution >= 0.6 is 0 Å². The highest BCUT2D eigenvalue weighted by Gasteiger charge is 2.50. The lowest BCUT2D eigenvalue weighted by molar-refractivity contribution is -0.135. The molecule has 1 fully saturated rings. The van der Waals surface area contributed by atoms with Crippen LogP contribution in [-0.2, 0) is 4.79 Å². The highest BCUT2D eigenvalue weighted by molar-refractivity contribution is 6.05. The molecule has 118 valence electrons. The minimum Gasteiger partial charge on any atom is -0.478 e. The molecule has 1 aliphatic rings. The highest BCUT2D eigenvalue weighted by atomic mass is 16.5. The first-order valence-corrected chi connectivity index (χ1v) is 7.99. The van der Waals surface area contributed by atoms with Crippen LogP contribution in [0.25, 0.3) is 0 Å². The molecule has 0 aromatic heterocycles. The molecular formula is C21H17NO2. The van der Waals surface area contributed by atoms with Crippen LogP contribution in [0.5, 0.6) is 5.75 Å². The normalized spacial score (nSPS) is 19.7. The van der Waals surface area contributed by atoms with Gasteiger partial charge in [-0.1, -0.05) is 66.7 Å². The van der Waals surface area contributed by atoms with Crippen molar-refractivity contribution in [3.8, 4) is 5.75 Å². The fourth-order valence-electron chi connectivity index (χ4n) is 3.07. The molecule has 24 heavy (non-hydrogen) atoms. The van der Waals surface area contributed by atoms with E-state index in [0.717, 1.165) is 11.3 Å². The van der Waals surface area contributed by atoms with Crippen LogP contribution in [0, 0.1) is 0 Å². The summed E-state index contributed by atoms with van der Waals surface area (Å²) in [4.78, 5) is 14.6. The molecule has 1 amide bonds. The Morgan fingerprint density at radius 1 is 0.708 bits per heavy atom. The topological polar surface area (TPSA) is 29.5 Å². The SMILES string of the molecule is O=C1[C@@H](Oc2ccccc2)[C@@H](c2ccccc2)N1c1ccccc1. The first kappa shape index (κ1) is 14.5. The van der Waals surface area contributed by atoms with Gasteiger partial charge in [-0.3, -0.25) is 9.69 Å². The quantitative estimate of drug-likeness (QED) is 0.675. The number of β-lactam (4-membered cyclic amide) rings is 1. The van der Waals surface area contributed by atoms with Crippen molar-refractivity contribution in [2.24, 2.45) is 0 Å². The van der Waals surface area contributed by atoms with E-state index >= 15 is 0 Å². The van der Waals surface area contributed by atoms with Crippen LogP contribution in [0.3, 0.4) is 0 Å². The van der Waals surface area contributed by atoms with Crippen LogP contribution in [-0.4, -0.2) is 12.0 Å². The number of rotatable bonds is 4. The third-order valence-electron chi connectivity index (χ3n) is 4.23. The third-order valence-corrected chi connectivity index (χ3v) is 4.23. The van der Waals surface area contributed by atoms with Crippen molar-refractivity contribution in [1.29, 1.82) is 0 Å². The van der Waals surface area contributed by atoms with Gasteiger partial charge < -0.3 is 4.74 Å². The summed E-state index contributed by atoms with van der Waals surface area (Å²) in [5.74, 6) is 0.698. The predicted octanol–water partition coefficient (Wildman–Crippen LogP) is 4.22. The summed E-state index contributed by atoms with van der Waals surface area (Å²) in [5.41, 5.74) is 1.96. The number of benzene rings is 3. The second-order valence-electron chi connectivity index (χ2n) is 5.75. The molecule has 3 aromatic rings. The summed E-state index contributed by atoms with van der Waals surface area (Å²) in [5, 5.41) is 0. The van der Waals surface area contributed by atoms with Gasteiger partial charge in [-0.25, -0.2) is 0 Å². The molecular weight excluding hydrogens is 298 g/mol. The van der Waals surface area contributed by atoms with E-state index in [4.69, 9.17) is 4.74 Å². The molecule has 0 spiro atoms. The van der Waals surface area contributed by atoms with Crippen molar-refractivity contribution in [3.05, 3.63) is 96.6 Å². The molecule has 1 saturated heterocycles. The van der Waals surface area contributed by atoms with E-state index in [1.54, 1.807) is 0 Å². The van der Waals surface area contributed by atoms with Gasteiger partial charge in [0.15, 0.2) is 0 Å². The zero-order valence-electron chi connectivity index (χ0n) is 13.1. The molecule has 3 heteroatoms. The van der Waals surface area contributed by atoms with E-state index in [1.807, 2.05) is 95.9 Å². The van der Waals surface area contributed by atoms with Gasteiger partial charge in [0, 0.05) is 5.69 Å². The Labute approximate surface area is 141 Å². The third kappa shape index (κ3) is 2.54. The number of carbonyl (C=O) groups is 1. The van der Waals surface area contributed by atoms with Gasteiger partial charge in [-0.15, -0.1) is 0 Å². The van der Waals surface area contributed by atoms with E-state index in [1.165, 1.54) is 0 Å². The van der Waals surface area contributed by atoms with Crippen molar-refractivity contribution in [2.45, 2.75) is 12.1 Å². The maximum absolute atomic E-state index is 12.8. The zero-order valence-corrected chi connectivity index (χ0v) is 13.1. The van der Waals surface area contributed by atoms with Gasteiger partial charge in [0.1, 0.15) is 11.8 Å². The number of anilines is 1. The van der Waals surface area contributed by atoms with Crippen LogP contribution in [0.15, 0.2) is 91.0 Å². The Morgan fingerprint density at radius 3 is 1.88 bits per heavy atom. The van der Waals surface area contributed by atoms with Crippen LogP contribution < -0.4 is 9.64 Å². The Hall–Kier alpha value is -3.07. The number of amides is 1. The summed E-state index contributed by atoms with van der Waals surface area (Å²) >= 11 is 0. The summed E-state index contributed by atoms with van der Waals surface area (Å²) in [7, 11) is 0. The van der Waals surface area contributed by atoms with E-state index in [0.29, 0.717) is 5.75 Å². The Kier molecular flexibility index (Phi) is 3.75. The average Bonchev–Trinajstić information content (AvgIpc) is 2.66. The Bertz CT molecular complexity index is 818. The largest absolute Gasteiger partial charge is 0.478 e. The fourth-order valence-corrected chi connectivity index (χ4v) is 3.07. The Balaban J connectivity index is 1.68. The molecule has 0 unspecified atom stereocenters. The number of carbonyl (C=O) groups excluding carboxylic acids is 1. The Morgan fingerprint density at radius 2 is 1.25 bits per heavy atom. The summed E-state index contributed by atoms with van der Waals surface area (Å²) < 4.78 is 5.99. The summed E-state index contributed by atoms with van der Waals surface area (Å²) in [6, 6.07) is 29.1. The number of ether oxygens (including phenoxy) is 1. The maximum Gasteiger partial charge on any atom is 0.271 e. The summed E-state index contributed by atoms with van der Waals surface area (Å²) in [6.45, 7) is 0. The number of hydrogen-bond acceptors (Lipinski definition) is 2. The molecule has 1 aliphatic heterocycles. The van der Waals surface area contributed by atoms with Crippen molar-refractivity contribution in [2.75, 3.05) is 4.90 Å². The van der Waals surface area contributed by atoms with Gasteiger partial charge >= 0.3 is 0 Å². The van der Waals surface area contributed by atoms with Gasteiger partial charge in [0.05, 0.1) is 0 Å². The number of hydrogen-bond donors (Lipinski definition) is 0. The summed E-state index contributed by atoms with van der Waals surface area (Å²) in [6.07, 6.45) is -0.505. The smallest absolute Gasteiger partial charge is 0.271 e. The number of para-hydroxylation sites is 2. The zero-order chi connectivity index (χ0) is 16.4. The molecule has 4 rings (SSSR count). The lowest BCUT2D eigenvalue weighted by atomic mass is 9.89. The van der Waals surface area contributed by atoms with E-state index in [-0.39, 0.29) is 11.9 Å². The molecule has 3 aromatic carbocycles. The van der Waals surface area contributed by atoms with Crippen LogP contribution in [0.4, 0.5) is 5.69 Å². The standard InChI is InChI=1S/C21H17NO2/c23-21-20(24-18-14-8-3-9-15-18)19(16-10-4-1-5-11-16)22(21)17-12-6-2-7-13-17/h1-15,19-20H/t19-,20+/m1/s1. The molecule has 1 heterocycles. The minimum atomic E-state index is -0.505. The molecule has 0 N–H and O–H groups in total. The van der Waals surface area contributed by atoms with Gasteiger partial charge in [0.2, 0.25) is 6.10 Å². The molecule has 0 bridgehead atoms. The predicted molar refractivity (Wildman–Crippen MR) is 94.0 cm³/mol. The molecule has 0 aliphatic carbocycles. The molecule has 0 saturated carbocycles. The van der Waals surface area contributed by atoms with Crippen molar-refractivity contribution in [3.63, 3.8) is 0 Å². The minimum absolute atomic E-state index is 0.0149. The maximum atomic E-state index is 12.8. The molecule has 3 nitrogen and oxygen atoms in total. The van der Waals surface area contributed by atoms with Crippen LogP contribution in [0.2, 0.25) is 0 Å². The monoisotopic (exact) mass is 315 g/mol. The average molecular weight is 315 g/mol. The second kappa shape index (κ2) is 6.20. The first-order chi connectivity index (χ1) is 11.8.